The fourth-order valence-corrected chi connectivity index (χ4v) is 3.46. The second kappa shape index (κ2) is 5.25. The first-order chi connectivity index (χ1) is 8.03. The topological polar surface area (TPSA) is 26.7 Å². The first-order valence-corrected chi connectivity index (χ1v) is 7.09. The van der Waals surface area contributed by atoms with Crippen LogP contribution in [0.5, 0.6) is 0 Å². The zero-order valence-electron chi connectivity index (χ0n) is 11.7. The average Bonchev–Trinajstić information content (AvgIpc) is 2.22. The maximum atomic E-state index is 9.77. The van der Waals surface area contributed by atoms with Gasteiger partial charge in [0, 0.05) is 18.1 Å². The number of hydrogen-bond donors (Lipinski definition) is 1. The molecule has 1 N–H and O–H groups in total. The number of hydrogen-bond acceptors (Lipinski definition) is 3. The van der Waals surface area contributed by atoms with Crippen LogP contribution in [0.25, 0.3) is 0 Å². The highest BCUT2D eigenvalue weighted by Crippen LogP contribution is 2.37. The third-order valence-corrected chi connectivity index (χ3v) is 5.02. The van der Waals surface area contributed by atoms with Crippen molar-refractivity contribution < 1.29 is 5.11 Å². The van der Waals surface area contributed by atoms with E-state index in [1.807, 2.05) is 0 Å². The van der Waals surface area contributed by atoms with Crippen molar-refractivity contribution in [2.75, 3.05) is 27.7 Å². The molecule has 0 saturated heterocycles. The molecule has 2 aliphatic carbocycles. The second-order valence-electron chi connectivity index (χ2n) is 6.36. The highest BCUT2D eigenvalue weighted by atomic mass is 16.3. The minimum atomic E-state index is -0.0621. The first-order valence-electron chi connectivity index (χ1n) is 7.09. The Morgan fingerprint density at radius 3 is 2.29 bits per heavy atom. The van der Waals surface area contributed by atoms with Gasteiger partial charge in [0.15, 0.2) is 0 Å². The van der Waals surface area contributed by atoms with Gasteiger partial charge < -0.3 is 14.9 Å². The normalized spacial score (nSPS) is 32.8. The molecule has 2 saturated carbocycles. The molecule has 2 unspecified atom stereocenters. The van der Waals surface area contributed by atoms with Crippen LogP contribution in [0.1, 0.15) is 44.9 Å². The van der Waals surface area contributed by atoms with Gasteiger partial charge in [0.2, 0.25) is 0 Å². The van der Waals surface area contributed by atoms with Crippen LogP contribution in [-0.2, 0) is 0 Å². The second-order valence-corrected chi connectivity index (χ2v) is 6.36. The van der Waals surface area contributed by atoms with E-state index in [4.69, 9.17) is 0 Å². The molecule has 2 aliphatic rings. The molecule has 0 aromatic rings. The van der Waals surface area contributed by atoms with Crippen LogP contribution < -0.4 is 0 Å². The van der Waals surface area contributed by atoms with Crippen molar-refractivity contribution in [1.29, 1.82) is 0 Å². The third kappa shape index (κ3) is 2.83. The van der Waals surface area contributed by atoms with E-state index in [1.165, 1.54) is 32.1 Å². The van der Waals surface area contributed by atoms with Gasteiger partial charge in [-0.1, -0.05) is 0 Å². The van der Waals surface area contributed by atoms with Gasteiger partial charge >= 0.3 is 0 Å². The lowest BCUT2D eigenvalue weighted by Crippen LogP contribution is -2.58. The summed E-state index contributed by atoms with van der Waals surface area (Å²) in [5.74, 6) is 0. The van der Waals surface area contributed by atoms with Crippen LogP contribution in [-0.4, -0.2) is 60.3 Å². The number of aliphatic hydroxyl groups is 1. The summed E-state index contributed by atoms with van der Waals surface area (Å²) in [6.07, 6.45) is 8.40. The molecule has 0 amide bonds. The Balaban J connectivity index is 1.89. The minimum absolute atomic E-state index is 0.0621. The monoisotopic (exact) mass is 240 g/mol. The van der Waals surface area contributed by atoms with Crippen molar-refractivity contribution in [3.05, 3.63) is 0 Å². The largest absolute Gasteiger partial charge is 0.393 e. The molecular weight excluding hydrogens is 212 g/mol. The van der Waals surface area contributed by atoms with E-state index in [1.54, 1.807) is 0 Å². The molecule has 100 valence electrons. The molecule has 0 bridgehead atoms. The molecule has 3 heteroatoms. The van der Waals surface area contributed by atoms with Crippen LogP contribution in [0.2, 0.25) is 0 Å². The van der Waals surface area contributed by atoms with E-state index in [-0.39, 0.29) is 6.10 Å². The summed E-state index contributed by atoms with van der Waals surface area (Å²) in [7, 11) is 6.66. The molecule has 0 radical (unpaired) electrons. The molecule has 0 spiro atoms. The molecular formula is C14H28N2O. The van der Waals surface area contributed by atoms with Gasteiger partial charge in [-0.15, -0.1) is 0 Å². The smallest absolute Gasteiger partial charge is 0.0555 e. The Bertz CT molecular complexity index is 251. The summed E-state index contributed by atoms with van der Waals surface area (Å²) in [4.78, 5) is 4.91. The minimum Gasteiger partial charge on any atom is -0.393 e. The summed E-state index contributed by atoms with van der Waals surface area (Å²) in [6.45, 7) is 1.16. The van der Waals surface area contributed by atoms with Crippen molar-refractivity contribution in [2.45, 2.75) is 62.6 Å². The van der Waals surface area contributed by atoms with Crippen LogP contribution in [0.4, 0.5) is 0 Å². The Morgan fingerprint density at radius 1 is 1.12 bits per heavy atom. The van der Waals surface area contributed by atoms with Gasteiger partial charge in [-0.3, -0.25) is 0 Å². The maximum absolute atomic E-state index is 9.77. The van der Waals surface area contributed by atoms with E-state index in [9.17, 15) is 5.11 Å². The lowest BCUT2D eigenvalue weighted by Gasteiger charge is -2.51. The predicted octanol–water partition coefficient (Wildman–Crippen LogP) is 1.71. The van der Waals surface area contributed by atoms with Crippen LogP contribution in [0.15, 0.2) is 0 Å². The van der Waals surface area contributed by atoms with Crippen LogP contribution >= 0.6 is 0 Å². The van der Waals surface area contributed by atoms with Gasteiger partial charge in [-0.2, -0.15) is 0 Å². The van der Waals surface area contributed by atoms with E-state index in [0.29, 0.717) is 11.6 Å². The fraction of sp³-hybridized carbons (Fsp3) is 1.00. The average molecular weight is 240 g/mol. The van der Waals surface area contributed by atoms with Gasteiger partial charge in [0.25, 0.3) is 0 Å². The number of likely N-dealkylation sites (N-methyl/N-ethyl adjacent to an activating group) is 2. The standard InChI is InChI=1S/C14H28N2O/c1-15(2)14(8-5-9-14)11-16(3)12-6-4-7-13(17)10-12/h12-13,17H,4-11H2,1-3H3. The molecule has 0 aromatic carbocycles. The van der Waals surface area contributed by atoms with Gasteiger partial charge in [0.1, 0.15) is 0 Å². The summed E-state index contributed by atoms with van der Waals surface area (Å²) in [6, 6.07) is 0.594. The molecule has 3 nitrogen and oxygen atoms in total. The van der Waals surface area contributed by atoms with E-state index < -0.39 is 0 Å². The Kier molecular flexibility index (Phi) is 4.11. The lowest BCUT2D eigenvalue weighted by molar-refractivity contribution is -0.00183. The Hall–Kier alpha value is -0.120. The van der Waals surface area contributed by atoms with E-state index in [0.717, 1.165) is 19.4 Å². The van der Waals surface area contributed by atoms with Crippen LogP contribution in [0.3, 0.4) is 0 Å². The van der Waals surface area contributed by atoms with Crippen LogP contribution in [0, 0.1) is 0 Å². The number of rotatable bonds is 4. The summed E-state index contributed by atoms with van der Waals surface area (Å²) in [5, 5.41) is 9.77. The van der Waals surface area contributed by atoms with Gasteiger partial charge in [-0.05, 0) is 66.1 Å². The number of aliphatic hydroxyl groups excluding tert-OH is 1. The molecule has 2 fully saturated rings. The summed E-state index contributed by atoms with van der Waals surface area (Å²) in [5.41, 5.74) is 0.414. The molecule has 17 heavy (non-hydrogen) atoms. The molecule has 0 aliphatic heterocycles. The Labute approximate surface area is 106 Å². The summed E-state index contributed by atoms with van der Waals surface area (Å²) < 4.78 is 0. The highest BCUT2D eigenvalue weighted by Gasteiger charge is 2.41. The molecule has 2 atom stereocenters. The highest BCUT2D eigenvalue weighted by molar-refractivity contribution is 4.99. The summed E-state index contributed by atoms with van der Waals surface area (Å²) >= 11 is 0. The molecule has 2 rings (SSSR count). The zero-order chi connectivity index (χ0) is 12.5. The zero-order valence-corrected chi connectivity index (χ0v) is 11.7. The molecule has 0 heterocycles. The van der Waals surface area contributed by atoms with Crippen molar-refractivity contribution >= 4 is 0 Å². The van der Waals surface area contributed by atoms with E-state index >= 15 is 0 Å². The van der Waals surface area contributed by atoms with Crippen molar-refractivity contribution in [3.63, 3.8) is 0 Å². The number of nitrogens with zero attached hydrogens (tertiary/aromatic N) is 2. The van der Waals surface area contributed by atoms with Gasteiger partial charge in [-0.25, -0.2) is 0 Å². The Morgan fingerprint density at radius 2 is 1.82 bits per heavy atom. The fourth-order valence-electron chi connectivity index (χ4n) is 3.46. The van der Waals surface area contributed by atoms with Crippen molar-refractivity contribution in [1.82, 2.24) is 9.80 Å². The van der Waals surface area contributed by atoms with Gasteiger partial charge in [0.05, 0.1) is 6.10 Å². The van der Waals surface area contributed by atoms with Crippen molar-refractivity contribution in [3.8, 4) is 0 Å². The molecule has 0 aromatic heterocycles. The quantitative estimate of drug-likeness (QED) is 0.810. The predicted molar refractivity (Wildman–Crippen MR) is 71.2 cm³/mol. The van der Waals surface area contributed by atoms with Crippen molar-refractivity contribution in [2.24, 2.45) is 0 Å². The van der Waals surface area contributed by atoms with E-state index in [2.05, 4.69) is 30.9 Å². The SMILES string of the molecule is CN(CC1(N(C)C)CCC1)C1CCCC(O)C1. The lowest BCUT2D eigenvalue weighted by atomic mass is 9.75. The first kappa shape index (κ1) is 13.3. The maximum Gasteiger partial charge on any atom is 0.0555 e. The third-order valence-electron chi connectivity index (χ3n) is 5.02.